The summed E-state index contributed by atoms with van der Waals surface area (Å²) < 4.78 is 28.4. The molecule has 0 amide bonds. The van der Waals surface area contributed by atoms with Gasteiger partial charge in [-0.15, -0.1) is 0 Å². The number of imidazole rings is 1. The Bertz CT molecular complexity index is 1200. The fourth-order valence-electron chi connectivity index (χ4n) is 4.54. The van der Waals surface area contributed by atoms with Crippen LogP contribution in [-0.2, 0) is 10.0 Å². The first kappa shape index (κ1) is 18.0. The van der Waals surface area contributed by atoms with Gasteiger partial charge in [-0.05, 0) is 50.1 Å². The van der Waals surface area contributed by atoms with Crippen LogP contribution >= 0.6 is 11.6 Å². The Kier molecular flexibility index (Phi) is 3.98. The lowest BCUT2D eigenvalue weighted by molar-refractivity contribution is 0.581. The average molecular weight is 417 g/mol. The van der Waals surface area contributed by atoms with Crippen LogP contribution in [0.25, 0.3) is 11.0 Å². The summed E-state index contributed by atoms with van der Waals surface area (Å²) in [5.41, 5.74) is 2.89. The van der Waals surface area contributed by atoms with E-state index in [1.54, 1.807) is 32.0 Å². The Morgan fingerprint density at radius 3 is 2.68 bits per heavy atom. The van der Waals surface area contributed by atoms with Crippen molar-refractivity contribution in [2.24, 2.45) is 0 Å². The normalized spacial score (nSPS) is 21.8. The van der Waals surface area contributed by atoms with Crippen molar-refractivity contribution in [3.8, 4) is 0 Å². The van der Waals surface area contributed by atoms with Gasteiger partial charge in [0.05, 0.1) is 16.1 Å². The molecule has 2 aliphatic rings. The topological polar surface area (TPSA) is 67.2 Å². The van der Waals surface area contributed by atoms with Gasteiger partial charge in [-0.3, -0.25) is 0 Å². The number of benzene rings is 2. The second-order valence-corrected chi connectivity index (χ2v) is 9.75. The number of hydrogen-bond acceptors (Lipinski definition) is 5. The third kappa shape index (κ3) is 2.50. The smallest absolute Gasteiger partial charge is 0.270 e. The van der Waals surface area contributed by atoms with Crippen LogP contribution in [0.3, 0.4) is 0 Å². The average Bonchev–Trinajstić information content (AvgIpc) is 3.36. The minimum absolute atomic E-state index is 0.206. The minimum Gasteiger partial charge on any atom is -0.364 e. The molecule has 0 unspecified atom stereocenters. The molecule has 2 aromatic carbocycles. The molecule has 2 atom stereocenters. The van der Waals surface area contributed by atoms with E-state index in [0.717, 1.165) is 30.7 Å². The zero-order valence-corrected chi connectivity index (χ0v) is 17.3. The van der Waals surface area contributed by atoms with Gasteiger partial charge in [-0.1, -0.05) is 23.7 Å². The van der Waals surface area contributed by atoms with E-state index in [-0.39, 0.29) is 4.90 Å². The van der Waals surface area contributed by atoms with Gasteiger partial charge in [0.25, 0.3) is 10.0 Å². The second-order valence-electron chi connectivity index (χ2n) is 7.58. The standard InChI is InChI=1S/C20H21ClN4O2S/c1-12-16(21)5-3-8-19(12)28(26,27)25-13(2)23-20-17(6-4-7-18(20)25)24-11-14-9-15(24)10-22-14/h3-8,14-15,22H,9-11H2,1-2H3/t14-,15-/m0/s1. The molecule has 0 saturated carbocycles. The van der Waals surface area contributed by atoms with Crippen molar-refractivity contribution in [3.63, 3.8) is 0 Å². The quantitative estimate of drug-likeness (QED) is 0.710. The Labute approximate surface area is 169 Å². The fraction of sp³-hybridized carbons (Fsp3) is 0.350. The van der Waals surface area contributed by atoms with Gasteiger partial charge in [0.2, 0.25) is 0 Å². The maximum absolute atomic E-state index is 13.5. The van der Waals surface area contributed by atoms with E-state index in [2.05, 4.69) is 15.2 Å². The molecule has 0 aliphatic carbocycles. The van der Waals surface area contributed by atoms with Crippen LogP contribution in [0.2, 0.25) is 5.02 Å². The van der Waals surface area contributed by atoms with Crippen molar-refractivity contribution in [2.75, 3.05) is 18.0 Å². The lowest BCUT2D eigenvalue weighted by Crippen LogP contribution is -2.43. The Balaban J connectivity index is 1.70. The highest BCUT2D eigenvalue weighted by atomic mass is 35.5. The summed E-state index contributed by atoms with van der Waals surface area (Å²) in [4.78, 5) is 7.24. The SMILES string of the molecule is Cc1c(Cl)cccc1S(=O)(=O)n1c(C)nc2c(N3C[C@@H]4C[C@H]3CN4)cccc21. The van der Waals surface area contributed by atoms with Crippen molar-refractivity contribution >= 4 is 38.3 Å². The highest BCUT2D eigenvalue weighted by Crippen LogP contribution is 2.36. The third-order valence-corrected chi connectivity index (χ3v) is 8.23. The summed E-state index contributed by atoms with van der Waals surface area (Å²) >= 11 is 6.18. The van der Waals surface area contributed by atoms with E-state index in [9.17, 15) is 8.42 Å². The van der Waals surface area contributed by atoms with Crippen LogP contribution in [0.5, 0.6) is 0 Å². The summed E-state index contributed by atoms with van der Waals surface area (Å²) in [7, 11) is -3.82. The molecular weight excluding hydrogens is 396 g/mol. The largest absolute Gasteiger partial charge is 0.364 e. The Hall–Kier alpha value is -2.09. The Morgan fingerprint density at radius 1 is 1.18 bits per heavy atom. The van der Waals surface area contributed by atoms with E-state index >= 15 is 0 Å². The van der Waals surface area contributed by atoms with Crippen LogP contribution in [-0.4, -0.2) is 42.5 Å². The molecule has 2 fully saturated rings. The van der Waals surface area contributed by atoms with Gasteiger partial charge in [0, 0.05) is 30.2 Å². The zero-order chi connectivity index (χ0) is 19.6. The van der Waals surface area contributed by atoms with Crippen LogP contribution in [0, 0.1) is 13.8 Å². The predicted octanol–water partition coefficient (Wildman–Crippen LogP) is 3.09. The lowest BCUT2D eigenvalue weighted by Gasteiger charge is -2.29. The maximum atomic E-state index is 13.5. The van der Waals surface area contributed by atoms with Crippen molar-refractivity contribution in [3.05, 3.63) is 52.8 Å². The monoisotopic (exact) mass is 416 g/mol. The van der Waals surface area contributed by atoms with E-state index in [4.69, 9.17) is 11.6 Å². The number of fused-ring (bicyclic) bond motifs is 3. The number of halogens is 1. The molecule has 28 heavy (non-hydrogen) atoms. The number of para-hydroxylation sites is 1. The molecule has 146 valence electrons. The molecule has 2 saturated heterocycles. The van der Waals surface area contributed by atoms with Gasteiger partial charge < -0.3 is 10.2 Å². The number of rotatable bonds is 3. The summed E-state index contributed by atoms with van der Waals surface area (Å²) in [6.45, 7) is 5.35. The van der Waals surface area contributed by atoms with E-state index in [1.807, 2.05) is 18.2 Å². The zero-order valence-electron chi connectivity index (χ0n) is 15.7. The van der Waals surface area contributed by atoms with Gasteiger partial charge in [-0.2, -0.15) is 0 Å². The second kappa shape index (κ2) is 6.20. The number of aryl methyl sites for hydroxylation is 1. The van der Waals surface area contributed by atoms with E-state index < -0.39 is 10.0 Å². The van der Waals surface area contributed by atoms with Gasteiger partial charge in [-0.25, -0.2) is 17.4 Å². The number of nitrogens with zero attached hydrogens (tertiary/aromatic N) is 3. The summed E-state index contributed by atoms with van der Waals surface area (Å²) in [5, 5.41) is 3.94. The molecule has 8 heteroatoms. The molecule has 3 aromatic rings. The Morgan fingerprint density at radius 2 is 1.96 bits per heavy atom. The molecule has 1 aromatic heterocycles. The molecule has 2 bridgehead atoms. The van der Waals surface area contributed by atoms with Crippen molar-refractivity contribution < 1.29 is 8.42 Å². The van der Waals surface area contributed by atoms with Crippen LogP contribution < -0.4 is 10.2 Å². The number of nitrogens with one attached hydrogen (secondary N) is 1. The number of aromatic nitrogens is 2. The first-order chi connectivity index (χ1) is 13.4. The van der Waals surface area contributed by atoms with E-state index in [1.165, 1.54) is 3.97 Å². The van der Waals surface area contributed by atoms with Gasteiger partial charge in [0.1, 0.15) is 11.3 Å². The number of piperazine rings is 1. The van der Waals surface area contributed by atoms with Crippen molar-refractivity contribution in [1.82, 2.24) is 14.3 Å². The van der Waals surface area contributed by atoms with Gasteiger partial charge in [0.15, 0.2) is 0 Å². The molecule has 5 rings (SSSR count). The summed E-state index contributed by atoms with van der Waals surface area (Å²) in [6.07, 6.45) is 1.12. The van der Waals surface area contributed by atoms with Crippen molar-refractivity contribution in [2.45, 2.75) is 37.2 Å². The molecule has 3 heterocycles. The predicted molar refractivity (Wildman–Crippen MR) is 111 cm³/mol. The lowest BCUT2D eigenvalue weighted by atomic mass is 10.2. The molecule has 1 N–H and O–H groups in total. The third-order valence-electron chi connectivity index (χ3n) is 5.88. The molecular formula is C20H21ClN4O2S. The minimum atomic E-state index is -3.82. The van der Waals surface area contributed by atoms with Gasteiger partial charge >= 0.3 is 0 Å². The maximum Gasteiger partial charge on any atom is 0.270 e. The summed E-state index contributed by atoms with van der Waals surface area (Å²) in [5.74, 6) is 0.448. The molecule has 2 aliphatic heterocycles. The van der Waals surface area contributed by atoms with Crippen LogP contribution in [0.15, 0.2) is 41.3 Å². The first-order valence-corrected chi connectivity index (χ1v) is 11.2. The highest BCUT2D eigenvalue weighted by Gasteiger charge is 2.38. The number of hydrogen-bond donors (Lipinski definition) is 1. The molecule has 6 nitrogen and oxygen atoms in total. The fourth-order valence-corrected chi connectivity index (χ4v) is 6.51. The molecule has 0 radical (unpaired) electrons. The van der Waals surface area contributed by atoms with E-state index in [0.29, 0.717) is 34.0 Å². The highest BCUT2D eigenvalue weighted by molar-refractivity contribution is 7.90. The number of anilines is 1. The van der Waals surface area contributed by atoms with Crippen LogP contribution in [0.1, 0.15) is 17.8 Å². The molecule has 0 spiro atoms. The first-order valence-electron chi connectivity index (χ1n) is 9.36. The van der Waals surface area contributed by atoms with Crippen molar-refractivity contribution in [1.29, 1.82) is 0 Å². The summed E-state index contributed by atoms with van der Waals surface area (Å²) in [6, 6.07) is 11.7. The van der Waals surface area contributed by atoms with Crippen LogP contribution in [0.4, 0.5) is 5.69 Å².